The van der Waals surface area contributed by atoms with Gasteiger partial charge in [0.2, 0.25) is 5.91 Å². The molecule has 1 saturated heterocycles. The molecular formula is C26H33FN4O4. The van der Waals surface area contributed by atoms with E-state index >= 15 is 0 Å². The predicted molar refractivity (Wildman–Crippen MR) is 129 cm³/mol. The molecule has 1 saturated carbocycles. The molecule has 0 radical (unpaired) electrons. The lowest BCUT2D eigenvalue weighted by molar-refractivity contribution is -0.139. The third kappa shape index (κ3) is 5.73. The van der Waals surface area contributed by atoms with Crippen molar-refractivity contribution in [2.75, 3.05) is 45.9 Å². The van der Waals surface area contributed by atoms with Crippen molar-refractivity contribution in [3.8, 4) is 0 Å². The van der Waals surface area contributed by atoms with E-state index in [1.807, 2.05) is 4.90 Å². The number of urea groups is 1. The topological polar surface area (TPSA) is 82.2 Å². The summed E-state index contributed by atoms with van der Waals surface area (Å²) in [5.74, 6) is -0.597. The molecule has 188 valence electrons. The Morgan fingerprint density at radius 1 is 1.23 bits per heavy atom. The fourth-order valence-corrected chi connectivity index (χ4v) is 4.73. The number of amides is 3. The molecule has 35 heavy (non-hydrogen) atoms. The van der Waals surface area contributed by atoms with Crippen molar-refractivity contribution in [1.82, 2.24) is 20.0 Å². The van der Waals surface area contributed by atoms with E-state index in [1.54, 1.807) is 25.1 Å². The lowest BCUT2D eigenvalue weighted by atomic mass is 9.94. The summed E-state index contributed by atoms with van der Waals surface area (Å²) < 4.78 is 19.4. The Morgan fingerprint density at radius 3 is 2.71 bits per heavy atom. The van der Waals surface area contributed by atoms with Gasteiger partial charge in [-0.25, -0.2) is 14.0 Å². The Morgan fingerprint density at radius 2 is 2.03 bits per heavy atom. The van der Waals surface area contributed by atoms with Crippen molar-refractivity contribution >= 4 is 17.9 Å². The maximum Gasteiger partial charge on any atom is 0.338 e. The zero-order chi connectivity index (χ0) is 24.9. The fraction of sp³-hybridized carbons (Fsp3) is 0.500. The monoisotopic (exact) mass is 484 g/mol. The van der Waals surface area contributed by atoms with Crippen LogP contribution in [0, 0.1) is 11.7 Å². The summed E-state index contributed by atoms with van der Waals surface area (Å²) in [5.41, 5.74) is 1.27. The number of benzene rings is 1. The molecule has 0 bridgehead atoms. The molecule has 0 spiro atoms. The van der Waals surface area contributed by atoms with Crippen LogP contribution >= 0.6 is 0 Å². The van der Waals surface area contributed by atoms with Crippen LogP contribution in [0.4, 0.5) is 9.18 Å². The van der Waals surface area contributed by atoms with E-state index in [0.29, 0.717) is 37.4 Å². The molecule has 2 aliphatic heterocycles. The van der Waals surface area contributed by atoms with Gasteiger partial charge in [-0.15, -0.1) is 6.58 Å². The van der Waals surface area contributed by atoms with Crippen LogP contribution in [0.5, 0.6) is 0 Å². The van der Waals surface area contributed by atoms with Crippen molar-refractivity contribution in [3.05, 3.63) is 59.6 Å². The number of hydrogen-bond donors (Lipinski definition) is 1. The Balaban J connectivity index is 1.67. The zero-order valence-electron chi connectivity index (χ0n) is 20.2. The normalized spacial score (nSPS) is 21.4. The number of nitrogens with zero attached hydrogens (tertiary/aromatic N) is 3. The van der Waals surface area contributed by atoms with E-state index in [9.17, 15) is 18.8 Å². The number of nitrogens with one attached hydrogen (secondary N) is 1. The minimum absolute atomic E-state index is 0.169. The predicted octanol–water partition coefficient (Wildman–Crippen LogP) is 2.84. The summed E-state index contributed by atoms with van der Waals surface area (Å²) in [6.45, 7) is 8.86. The van der Waals surface area contributed by atoms with Gasteiger partial charge in [-0.05, 0) is 43.9 Å². The Bertz CT molecular complexity index is 1020. The van der Waals surface area contributed by atoms with E-state index in [1.165, 1.54) is 17.0 Å². The summed E-state index contributed by atoms with van der Waals surface area (Å²) >= 11 is 0. The second-order valence-corrected chi connectivity index (χ2v) is 9.15. The van der Waals surface area contributed by atoms with E-state index in [0.717, 1.165) is 25.8 Å². The third-order valence-corrected chi connectivity index (χ3v) is 6.63. The number of rotatable bonds is 8. The lowest BCUT2D eigenvalue weighted by Gasteiger charge is -2.38. The van der Waals surface area contributed by atoms with Gasteiger partial charge in [0.15, 0.2) is 0 Å². The van der Waals surface area contributed by atoms with Gasteiger partial charge >= 0.3 is 12.0 Å². The molecule has 1 aliphatic carbocycles. The van der Waals surface area contributed by atoms with Gasteiger partial charge in [-0.1, -0.05) is 18.2 Å². The largest absolute Gasteiger partial charge is 0.463 e. The molecule has 4 rings (SSSR count). The molecule has 1 atom stereocenters. The van der Waals surface area contributed by atoms with Gasteiger partial charge in [-0.3, -0.25) is 14.6 Å². The number of halogens is 1. The summed E-state index contributed by atoms with van der Waals surface area (Å²) in [6.07, 6.45) is 4.36. The number of hydrogen-bond acceptors (Lipinski definition) is 5. The van der Waals surface area contributed by atoms with E-state index in [2.05, 4.69) is 16.8 Å². The number of carbonyl (C=O) groups is 3. The molecule has 8 nitrogen and oxygen atoms in total. The molecule has 0 aromatic heterocycles. The molecule has 9 heteroatoms. The second kappa shape index (κ2) is 11.0. The molecule has 1 aromatic carbocycles. The van der Waals surface area contributed by atoms with Crippen LogP contribution in [0.15, 0.2) is 48.2 Å². The van der Waals surface area contributed by atoms with E-state index in [4.69, 9.17) is 4.74 Å². The smallest absolute Gasteiger partial charge is 0.338 e. The molecular weight excluding hydrogens is 451 g/mol. The highest BCUT2D eigenvalue weighted by Gasteiger charge is 2.39. The summed E-state index contributed by atoms with van der Waals surface area (Å²) in [5, 5.41) is 2.85. The van der Waals surface area contributed by atoms with Gasteiger partial charge in [0, 0.05) is 50.9 Å². The van der Waals surface area contributed by atoms with Crippen LogP contribution in [-0.2, 0) is 14.3 Å². The average Bonchev–Trinajstić information content (AvgIpc) is 3.69. The van der Waals surface area contributed by atoms with Gasteiger partial charge in [0.05, 0.1) is 18.2 Å². The first-order chi connectivity index (χ1) is 16.9. The maximum atomic E-state index is 14.1. The van der Waals surface area contributed by atoms with Crippen molar-refractivity contribution < 1.29 is 23.5 Å². The standard InChI is InChI=1S/C26H33FN4O4/c1-3-11-31-21(17-29-12-6-13-30(15-14-29)24(32)18-9-10-18)22(25(33)35-4-2)23(28-26(31)34)19-7-5-8-20(27)16-19/h3,5,7-8,16,18,23H,1,4,6,9-15,17H2,2H3,(H,28,34). The molecule has 1 unspecified atom stereocenters. The highest BCUT2D eigenvalue weighted by atomic mass is 19.1. The van der Waals surface area contributed by atoms with Crippen LogP contribution < -0.4 is 5.32 Å². The minimum Gasteiger partial charge on any atom is -0.463 e. The van der Waals surface area contributed by atoms with E-state index < -0.39 is 17.8 Å². The molecule has 1 N–H and O–H groups in total. The SMILES string of the molecule is C=CCN1C(=O)NC(c2cccc(F)c2)C(C(=O)OCC)=C1CN1CCCN(C(=O)C2CC2)CC1. The summed E-state index contributed by atoms with van der Waals surface area (Å²) in [4.78, 5) is 44.5. The zero-order valence-corrected chi connectivity index (χ0v) is 20.2. The van der Waals surface area contributed by atoms with Crippen LogP contribution in [0.2, 0.25) is 0 Å². The van der Waals surface area contributed by atoms with Crippen molar-refractivity contribution in [2.45, 2.75) is 32.2 Å². The first-order valence-corrected chi connectivity index (χ1v) is 12.3. The highest BCUT2D eigenvalue weighted by Crippen LogP contribution is 2.33. The van der Waals surface area contributed by atoms with Gasteiger partial charge in [0.25, 0.3) is 0 Å². The molecule has 2 fully saturated rings. The van der Waals surface area contributed by atoms with Crippen molar-refractivity contribution in [3.63, 3.8) is 0 Å². The molecule has 1 aromatic rings. The number of esters is 1. The first-order valence-electron chi connectivity index (χ1n) is 12.3. The van der Waals surface area contributed by atoms with Gasteiger partial charge < -0.3 is 15.0 Å². The van der Waals surface area contributed by atoms with E-state index in [-0.39, 0.29) is 36.6 Å². The lowest BCUT2D eigenvalue weighted by Crippen LogP contribution is -2.51. The Labute approximate surface area is 205 Å². The Kier molecular flexibility index (Phi) is 7.85. The van der Waals surface area contributed by atoms with Crippen LogP contribution in [0.3, 0.4) is 0 Å². The molecule has 3 amide bonds. The maximum absolute atomic E-state index is 14.1. The van der Waals surface area contributed by atoms with Crippen molar-refractivity contribution in [2.24, 2.45) is 5.92 Å². The number of carbonyl (C=O) groups excluding carboxylic acids is 3. The summed E-state index contributed by atoms with van der Waals surface area (Å²) in [6, 6.07) is 4.64. The molecule has 2 heterocycles. The molecule has 3 aliphatic rings. The van der Waals surface area contributed by atoms with Crippen LogP contribution in [0.25, 0.3) is 0 Å². The Hall–Kier alpha value is -3.20. The number of ether oxygens (including phenoxy) is 1. The fourth-order valence-electron chi connectivity index (χ4n) is 4.73. The highest BCUT2D eigenvalue weighted by molar-refractivity contribution is 5.95. The second-order valence-electron chi connectivity index (χ2n) is 9.15. The average molecular weight is 485 g/mol. The summed E-state index contributed by atoms with van der Waals surface area (Å²) in [7, 11) is 0. The quantitative estimate of drug-likeness (QED) is 0.453. The first kappa shape index (κ1) is 24.9. The van der Waals surface area contributed by atoms with Crippen LogP contribution in [0.1, 0.15) is 37.8 Å². The minimum atomic E-state index is -0.840. The third-order valence-electron chi connectivity index (χ3n) is 6.63. The van der Waals surface area contributed by atoms with Crippen molar-refractivity contribution in [1.29, 1.82) is 0 Å². The van der Waals surface area contributed by atoms with Gasteiger partial charge in [-0.2, -0.15) is 0 Å². The van der Waals surface area contributed by atoms with Gasteiger partial charge in [0.1, 0.15) is 5.82 Å². The van der Waals surface area contributed by atoms with Crippen LogP contribution in [-0.4, -0.2) is 78.5 Å².